The summed E-state index contributed by atoms with van der Waals surface area (Å²) in [5.74, 6) is 3.64. The zero-order valence-corrected chi connectivity index (χ0v) is 11.6. The Morgan fingerprint density at radius 2 is 2.47 bits per heavy atom. The number of rotatable bonds is 3. The van der Waals surface area contributed by atoms with Gasteiger partial charge in [-0.15, -0.1) is 0 Å². The van der Waals surface area contributed by atoms with Gasteiger partial charge in [0.05, 0.1) is 0 Å². The van der Waals surface area contributed by atoms with Crippen LogP contribution < -0.4 is 5.32 Å². The van der Waals surface area contributed by atoms with Crippen LogP contribution >= 0.6 is 11.8 Å². The number of hydrogen-bond donors (Lipinski definition) is 1. The maximum absolute atomic E-state index is 5.35. The van der Waals surface area contributed by atoms with Crippen molar-refractivity contribution in [3.8, 4) is 11.4 Å². The molecule has 3 heterocycles. The number of pyridine rings is 1. The summed E-state index contributed by atoms with van der Waals surface area (Å²) in [6.45, 7) is 3.05. The zero-order chi connectivity index (χ0) is 13.1. The van der Waals surface area contributed by atoms with Gasteiger partial charge in [-0.05, 0) is 18.6 Å². The third kappa shape index (κ3) is 2.96. The lowest BCUT2D eigenvalue weighted by atomic mass is 10.1. The van der Waals surface area contributed by atoms with Crippen molar-refractivity contribution >= 4 is 11.8 Å². The van der Waals surface area contributed by atoms with Gasteiger partial charge >= 0.3 is 0 Å². The average Bonchev–Trinajstić information content (AvgIpc) is 2.89. The van der Waals surface area contributed by atoms with Crippen LogP contribution in [-0.2, 0) is 6.42 Å². The molecule has 1 fully saturated rings. The monoisotopic (exact) mass is 276 g/mol. The predicted octanol–water partition coefficient (Wildman–Crippen LogP) is 1.69. The molecule has 0 aromatic carbocycles. The summed E-state index contributed by atoms with van der Waals surface area (Å²) in [6.07, 6.45) is 4.35. The van der Waals surface area contributed by atoms with Crippen molar-refractivity contribution in [3.63, 3.8) is 0 Å². The number of nitrogens with one attached hydrogen (secondary N) is 1. The van der Waals surface area contributed by atoms with E-state index in [4.69, 9.17) is 4.52 Å². The van der Waals surface area contributed by atoms with E-state index >= 15 is 0 Å². The van der Waals surface area contributed by atoms with Crippen molar-refractivity contribution in [1.82, 2.24) is 20.4 Å². The molecular weight excluding hydrogens is 260 g/mol. The Hall–Kier alpha value is -1.40. The fourth-order valence-electron chi connectivity index (χ4n) is 2.13. The number of thioether (sulfide) groups is 1. The lowest BCUT2D eigenvalue weighted by Gasteiger charge is -2.21. The topological polar surface area (TPSA) is 63.8 Å². The Kier molecular flexibility index (Phi) is 3.79. The highest BCUT2D eigenvalue weighted by Gasteiger charge is 2.18. The number of aromatic nitrogens is 3. The highest BCUT2D eigenvalue weighted by Crippen LogP contribution is 2.20. The molecule has 1 N–H and O–H groups in total. The van der Waals surface area contributed by atoms with Crippen molar-refractivity contribution in [3.05, 3.63) is 29.9 Å². The normalized spacial score (nSPS) is 19.5. The molecule has 3 rings (SSSR count). The van der Waals surface area contributed by atoms with E-state index in [-0.39, 0.29) is 0 Å². The molecule has 2 aromatic rings. The van der Waals surface area contributed by atoms with Gasteiger partial charge in [0, 0.05) is 48.5 Å². The summed E-state index contributed by atoms with van der Waals surface area (Å²) in [6, 6.07) is 2.35. The molecule has 5 nitrogen and oxygen atoms in total. The Balaban J connectivity index is 1.74. The predicted molar refractivity (Wildman–Crippen MR) is 75.1 cm³/mol. The Bertz CT molecular complexity index is 551. The molecule has 19 heavy (non-hydrogen) atoms. The molecule has 1 unspecified atom stereocenters. The maximum atomic E-state index is 5.35. The molecule has 1 aliphatic rings. The molecule has 0 radical (unpaired) electrons. The van der Waals surface area contributed by atoms with Crippen molar-refractivity contribution in [2.24, 2.45) is 0 Å². The van der Waals surface area contributed by atoms with E-state index in [0.29, 0.717) is 17.8 Å². The van der Waals surface area contributed by atoms with Gasteiger partial charge in [0.25, 0.3) is 0 Å². The first-order valence-corrected chi connectivity index (χ1v) is 7.53. The smallest absolute Gasteiger partial charge is 0.228 e. The minimum atomic E-state index is 0.436. The molecule has 0 spiro atoms. The molecule has 0 amide bonds. The van der Waals surface area contributed by atoms with E-state index in [1.807, 2.05) is 30.9 Å². The largest absolute Gasteiger partial charge is 0.339 e. The molecular formula is C13H16N4OS. The first-order chi connectivity index (χ1) is 9.33. The summed E-state index contributed by atoms with van der Waals surface area (Å²) < 4.78 is 5.35. The van der Waals surface area contributed by atoms with Crippen molar-refractivity contribution in [2.45, 2.75) is 19.4 Å². The first kappa shape index (κ1) is 12.6. The van der Waals surface area contributed by atoms with E-state index in [9.17, 15) is 0 Å². The third-order valence-electron chi connectivity index (χ3n) is 3.15. The fourth-order valence-corrected chi connectivity index (χ4v) is 3.08. The molecule has 1 atom stereocenters. The first-order valence-electron chi connectivity index (χ1n) is 6.37. The second-order valence-corrected chi connectivity index (χ2v) is 5.78. The van der Waals surface area contributed by atoms with E-state index in [1.54, 1.807) is 6.20 Å². The lowest BCUT2D eigenvalue weighted by Crippen LogP contribution is -2.38. The Morgan fingerprint density at radius 3 is 3.26 bits per heavy atom. The molecule has 0 aliphatic carbocycles. The zero-order valence-electron chi connectivity index (χ0n) is 10.8. The van der Waals surface area contributed by atoms with Crippen LogP contribution in [0.25, 0.3) is 11.4 Å². The van der Waals surface area contributed by atoms with Crippen LogP contribution in [0.3, 0.4) is 0 Å². The minimum absolute atomic E-state index is 0.436. The van der Waals surface area contributed by atoms with Crippen molar-refractivity contribution in [1.29, 1.82) is 0 Å². The number of nitrogens with zero attached hydrogens (tertiary/aromatic N) is 3. The standard InChI is InChI=1S/C13H16N4OS/c1-9-7-14-3-2-11(9)13-16-12(18-17-13)6-10-8-19-5-4-15-10/h2-3,7,10,15H,4-6,8H2,1H3. The Morgan fingerprint density at radius 1 is 1.53 bits per heavy atom. The summed E-state index contributed by atoms with van der Waals surface area (Å²) in [5.41, 5.74) is 2.04. The van der Waals surface area contributed by atoms with Gasteiger partial charge in [-0.25, -0.2) is 0 Å². The van der Waals surface area contributed by atoms with Gasteiger partial charge in [-0.1, -0.05) is 5.16 Å². The van der Waals surface area contributed by atoms with Crippen LogP contribution in [-0.4, -0.2) is 39.2 Å². The maximum Gasteiger partial charge on any atom is 0.228 e. The number of aryl methyl sites for hydroxylation is 1. The third-order valence-corrected chi connectivity index (χ3v) is 4.28. The SMILES string of the molecule is Cc1cnccc1-c1noc(CC2CSCCN2)n1. The summed E-state index contributed by atoms with van der Waals surface area (Å²) in [4.78, 5) is 8.55. The second-order valence-electron chi connectivity index (χ2n) is 4.63. The van der Waals surface area contributed by atoms with Gasteiger partial charge in [-0.3, -0.25) is 4.98 Å². The Labute approximate surface area is 116 Å². The molecule has 6 heteroatoms. The summed E-state index contributed by atoms with van der Waals surface area (Å²) in [7, 11) is 0. The summed E-state index contributed by atoms with van der Waals surface area (Å²) >= 11 is 1.97. The van der Waals surface area contributed by atoms with Crippen LogP contribution in [0, 0.1) is 6.92 Å². The van der Waals surface area contributed by atoms with Gasteiger partial charge in [-0.2, -0.15) is 16.7 Å². The van der Waals surface area contributed by atoms with Gasteiger partial charge in [0.2, 0.25) is 11.7 Å². The lowest BCUT2D eigenvalue weighted by molar-refractivity contribution is 0.363. The minimum Gasteiger partial charge on any atom is -0.339 e. The van der Waals surface area contributed by atoms with Crippen LogP contribution in [0.15, 0.2) is 23.0 Å². The quantitative estimate of drug-likeness (QED) is 0.920. The van der Waals surface area contributed by atoms with Gasteiger partial charge in [0.1, 0.15) is 0 Å². The van der Waals surface area contributed by atoms with E-state index in [0.717, 1.165) is 29.8 Å². The summed E-state index contributed by atoms with van der Waals surface area (Å²) in [5, 5.41) is 7.53. The van der Waals surface area contributed by atoms with Crippen molar-refractivity contribution in [2.75, 3.05) is 18.1 Å². The molecule has 1 saturated heterocycles. The second kappa shape index (κ2) is 5.71. The molecule has 2 aromatic heterocycles. The van der Waals surface area contributed by atoms with Gasteiger partial charge < -0.3 is 9.84 Å². The van der Waals surface area contributed by atoms with Crippen LogP contribution in [0.4, 0.5) is 0 Å². The van der Waals surface area contributed by atoms with E-state index < -0.39 is 0 Å². The highest BCUT2D eigenvalue weighted by molar-refractivity contribution is 7.99. The molecule has 1 aliphatic heterocycles. The highest BCUT2D eigenvalue weighted by atomic mass is 32.2. The molecule has 0 saturated carbocycles. The number of hydrogen-bond acceptors (Lipinski definition) is 6. The fraction of sp³-hybridized carbons (Fsp3) is 0.462. The van der Waals surface area contributed by atoms with Crippen molar-refractivity contribution < 1.29 is 4.52 Å². The molecule has 100 valence electrons. The van der Waals surface area contributed by atoms with Gasteiger partial charge in [0.15, 0.2) is 0 Å². The van der Waals surface area contributed by atoms with Crippen LogP contribution in [0.1, 0.15) is 11.5 Å². The van der Waals surface area contributed by atoms with E-state index in [1.165, 1.54) is 5.75 Å². The van der Waals surface area contributed by atoms with Crippen LogP contribution in [0.5, 0.6) is 0 Å². The van der Waals surface area contributed by atoms with E-state index in [2.05, 4.69) is 20.4 Å². The average molecular weight is 276 g/mol. The van der Waals surface area contributed by atoms with Crippen LogP contribution in [0.2, 0.25) is 0 Å². The molecule has 0 bridgehead atoms.